The average Bonchev–Trinajstić information content (AvgIpc) is 3.45. The first-order valence-corrected chi connectivity index (χ1v) is 13.7. The molecule has 0 bridgehead atoms. The van der Waals surface area contributed by atoms with Crippen molar-refractivity contribution in [2.24, 2.45) is 0 Å². The Morgan fingerprint density at radius 3 is 2.41 bits per heavy atom. The van der Waals surface area contributed by atoms with Gasteiger partial charge in [0.05, 0.1) is 36.4 Å². The molecule has 2 aromatic carbocycles. The van der Waals surface area contributed by atoms with Crippen LogP contribution in [-0.4, -0.2) is 83.0 Å². The van der Waals surface area contributed by atoms with Crippen molar-refractivity contribution in [3.63, 3.8) is 0 Å². The van der Waals surface area contributed by atoms with Crippen LogP contribution in [0.3, 0.4) is 0 Å². The maximum atomic E-state index is 14.2. The van der Waals surface area contributed by atoms with E-state index < -0.39 is 5.82 Å². The van der Waals surface area contributed by atoms with E-state index in [1.807, 2.05) is 35.1 Å². The number of nitrogens with zero attached hydrogens (tertiary/aromatic N) is 6. The van der Waals surface area contributed by atoms with Crippen LogP contribution >= 0.6 is 0 Å². The summed E-state index contributed by atoms with van der Waals surface area (Å²) in [6.07, 6.45) is 3.16. The molecule has 2 N–H and O–H groups in total. The van der Waals surface area contributed by atoms with Crippen molar-refractivity contribution in [3.05, 3.63) is 66.1 Å². The highest BCUT2D eigenvalue weighted by molar-refractivity contribution is 5.94. The second kappa shape index (κ2) is 11.5. The summed E-state index contributed by atoms with van der Waals surface area (Å²) in [7, 11) is 1.56. The van der Waals surface area contributed by atoms with Gasteiger partial charge in [-0.2, -0.15) is 5.10 Å². The number of aromatic nitrogens is 4. The fraction of sp³-hybridized carbons (Fsp3) is 0.345. The van der Waals surface area contributed by atoms with Crippen LogP contribution in [0.4, 0.5) is 20.7 Å². The molecule has 12 heteroatoms. The Hall–Kier alpha value is -4.58. The standard InChI is InChI=1S/C29H31FN8O3/c1-31-29(40)33-20-8-6-19(7-9-20)25-34-26(36-14-16-41-17-15-36)23-18-32-38(27(23)35-25)21-10-12-37(13-11-21)28(39)22-4-2-3-5-24(22)30/h2-9,18,21H,10-17H2,1H3,(H2,31,33,40). The van der Waals surface area contributed by atoms with E-state index in [4.69, 9.17) is 19.8 Å². The minimum absolute atomic E-state index is 0.0246. The zero-order chi connectivity index (χ0) is 28.3. The molecule has 2 aromatic heterocycles. The summed E-state index contributed by atoms with van der Waals surface area (Å²) < 4.78 is 21.7. The fourth-order valence-electron chi connectivity index (χ4n) is 5.34. The first kappa shape index (κ1) is 26.6. The number of piperidine rings is 1. The molecule has 0 spiro atoms. The second-order valence-electron chi connectivity index (χ2n) is 10.1. The number of ether oxygens (including phenoxy) is 1. The van der Waals surface area contributed by atoms with Crippen LogP contribution in [0.5, 0.6) is 0 Å². The fourth-order valence-corrected chi connectivity index (χ4v) is 5.34. The summed E-state index contributed by atoms with van der Waals surface area (Å²) in [5, 5.41) is 10.9. The number of halogens is 1. The summed E-state index contributed by atoms with van der Waals surface area (Å²) >= 11 is 0. The van der Waals surface area contributed by atoms with E-state index >= 15 is 0 Å². The van der Waals surface area contributed by atoms with Crippen molar-refractivity contribution in [2.45, 2.75) is 18.9 Å². The molecule has 0 atom stereocenters. The number of hydrogen-bond donors (Lipinski definition) is 2. The number of benzene rings is 2. The normalized spacial score (nSPS) is 16.1. The van der Waals surface area contributed by atoms with Gasteiger partial charge in [0, 0.05) is 44.5 Å². The Balaban J connectivity index is 1.30. The molecule has 4 aromatic rings. The van der Waals surface area contributed by atoms with Gasteiger partial charge in [-0.15, -0.1) is 0 Å². The quantitative estimate of drug-likeness (QED) is 0.384. The smallest absolute Gasteiger partial charge is 0.318 e. The van der Waals surface area contributed by atoms with Gasteiger partial charge in [0.15, 0.2) is 11.5 Å². The van der Waals surface area contributed by atoms with Gasteiger partial charge in [-0.05, 0) is 49.2 Å². The Labute approximate surface area is 236 Å². The van der Waals surface area contributed by atoms with Crippen molar-refractivity contribution >= 4 is 34.5 Å². The van der Waals surface area contributed by atoms with Crippen LogP contribution in [-0.2, 0) is 4.74 Å². The van der Waals surface area contributed by atoms with E-state index in [1.165, 1.54) is 12.1 Å². The molecule has 2 aliphatic rings. The first-order chi connectivity index (χ1) is 20.0. The van der Waals surface area contributed by atoms with Gasteiger partial charge in [0.25, 0.3) is 5.91 Å². The van der Waals surface area contributed by atoms with Gasteiger partial charge < -0.3 is 25.2 Å². The predicted molar refractivity (Wildman–Crippen MR) is 152 cm³/mol. The molecule has 212 valence electrons. The Morgan fingerprint density at radius 2 is 1.71 bits per heavy atom. The maximum Gasteiger partial charge on any atom is 0.318 e. The highest BCUT2D eigenvalue weighted by atomic mass is 19.1. The summed E-state index contributed by atoms with van der Waals surface area (Å²) in [6, 6.07) is 13.2. The molecule has 2 saturated heterocycles. The number of hydrogen-bond acceptors (Lipinski definition) is 7. The number of likely N-dealkylation sites (tertiary alicyclic amines) is 1. The monoisotopic (exact) mass is 558 g/mol. The van der Waals surface area contributed by atoms with E-state index in [-0.39, 0.29) is 23.5 Å². The van der Waals surface area contributed by atoms with Gasteiger partial charge in [0.1, 0.15) is 11.6 Å². The highest BCUT2D eigenvalue weighted by Gasteiger charge is 2.29. The molecule has 41 heavy (non-hydrogen) atoms. The lowest BCUT2D eigenvalue weighted by Gasteiger charge is -2.32. The summed E-state index contributed by atoms with van der Waals surface area (Å²) in [5.74, 6) is 0.564. The van der Waals surface area contributed by atoms with Gasteiger partial charge in [-0.3, -0.25) is 4.79 Å². The summed E-state index contributed by atoms with van der Waals surface area (Å²) in [6.45, 7) is 3.64. The molecule has 0 radical (unpaired) electrons. The van der Waals surface area contributed by atoms with E-state index in [2.05, 4.69) is 15.5 Å². The van der Waals surface area contributed by atoms with Crippen LogP contribution in [0.2, 0.25) is 0 Å². The van der Waals surface area contributed by atoms with E-state index in [9.17, 15) is 14.0 Å². The minimum Gasteiger partial charge on any atom is -0.378 e. The number of nitrogens with one attached hydrogen (secondary N) is 2. The van der Waals surface area contributed by atoms with Crippen LogP contribution in [0, 0.1) is 5.82 Å². The van der Waals surface area contributed by atoms with Crippen LogP contribution < -0.4 is 15.5 Å². The zero-order valence-corrected chi connectivity index (χ0v) is 22.7. The van der Waals surface area contributed by atoms with Crippen molar-refractivity contribution in [3.8, 4) is 11.4 Å². The van der Waals surface area contributed by atoms with E-state index in [0.717, 1.165) is 22.4 Å². The van der Waals surface area contributed by atoms with Gasteiger partial charge in [0.2, 0.25) is 0 Å². The minimum atomic E-state index is -0.505. The van der Waals surface area contributed by atoms with Crippen molar-refractivity contribution in [1.82, 2.24) is 30.0 Å². The number of anilines is 2. The molecule has 3 amide bonds. The average molecular weight is 559 g/mol. The van der Waals surface area contributed by atoms with E-state index in [0.29, 0.717) is 63.7 Å². The molecular weight excluding hydrogens is 527 g/mol. The van der Waals surface area contributed by atoms with Crippen molar-refractivity contribution in [2.75, 3.05) is 56.7 Å². The van der Waals surface area contributed by atoms with E-state index in [1.54, 1.807) is 24.1 Å². The second-order valence-corrected chi connectivity index (χ2v) is 10.1. The van der Waals surface area contributed by atoms with Crippen LogP contribution in [0.15, 0.2) is 54.7 Å². The third-order valence-electron chi connectivity index (χ3n) is 7.57. The lowest BCUT2D eigenvalue weighted by molar-refractivity contribution is 0.0687. The molecule has 0 unspecified atom stereocenters. The number of fused-ring (bicyclic) bond motifs is 1. The topological polar surface area (TPSA) is 118 Å². The lowest BCUT2D eigenvalue weighted by atomic mass is 10.0. The zero-order valence-electron chi connectivity index (χ0n) is 22.7. The number of urea groups is 1. The first-order valence-electron chi connectivity index (χ1n) is 13.7. The molecular formula is C29H31FN8O3. The molecule has 4 heterocycles. The maximum absolute atomic E-state index is 14.2. The largest absolute Gasteiger partial charge is 0.378 e. The predicted octanol–water partition coefficient (Wildman–Crippen LogP) is 3.70. The third kappa shape index (κ3) is 5.42. The Kier molecular flexibility index (Phi) is 7.47. The third-order valence-corrected chi connectivity index (χ3v) is 7.57. The number of amides is 3. The number of carbonyl (C=O) groups excluding carboxylic acids is 2. The van der Waals surface area contributed by atoms with Crippen LogP contribution in [0.25, 0.3) is 22.4 Å². The number of carbonyl (C=O) groups is 2. The Morgan fingerprint density at radius 1 is 0.976 bits per heavy atom. The van der Waals surface area contributed by atoms with Gasteiger partial charge in [-0.25, -0.2) is 23.8 Å². The lowest BCUT2D eigenvalue weighted by Crippen LogP contribution is -2.39. The molecule has 2 fully saturated rings. The molecule has 0 aliphatic carbocycles. The SMILES string of the molecule is CNC(=O)Nc1ccc(-c2nc(N3CCOCC3)c3cnn(C4CCN(C(=O)c5ccccc5F)CC4)c3n2)cc1. The Bertz CT molecular complexity index is 1560. The van der Waals surface area contributed by atoms with Crippen molar-refractivity contribution in [1.29, 1.82) is 0 Å². The molecule has 0 saturated carbocycles. The molecule has 6 rings (SSSR count). The summed E-state index contributed by atoms with van der Waals surface area (Å²) in [5.41, 5.74) is 2.29. The summed E-state index contributed by atoms with van der Waals surface area (Å²) in [4.78, 5) is 38.5. The van der Waals surface area contributed by atoms with Crippen molar-refractivity contribution < 1.29 is 18.7 Å². The van der Waals surface area contributed by atoms with Gasteiger partial charge >= 0.3 is 6.03 Å². The highest BCUT2D eigenvalue weighted by Crippen LogP contribution is 2.32. The van der Waals surface area contributed by atoms with Gasteiger partial charge in [-0.1, -0.05) is 12.1 Å². The molecule has 11 nitrogen and oxygen atoms in total. The molecule has 2 aliphatic heterocycles. The number of morpholine rings is 1. The number of rotatable bonds is 5. The van der Waals surface area contributed by atoms with Crippen LogP contribution in [0.1, 0.15) is 29.2 Å².